The molecule has 1 N–H and O–H groups in total. The van der Waals surface area contributed by atoms with Crippen molar-refractivity contribution in [1.82, 2.24) is 5.32 Å². The van der Waals surface area contributed by atoms with Crippen LogP contribution in [0.2, 0.25) is 0 Å². The van der Waals surface area contributed by atoms with E-state index >= 15 is 0 Å². The fourth-order valence-corrected chi connectivity index (χ4v) is 1.43. The Balaban J connectivity index is 2.28. The molecule has 0 aromatic carbocycles. The average molecular weight is 205 g/mol. The molecule has 0 saturated carbocycles. The normalized spacial score (nSPS) is 20.8. The molecule has 0 aromatic heterocycles. The summed E-state index contributed by atoms with van der Waals surface area (Å²) < 4.78 is 4.68. The van der Waals surface area contributed by atoms with Gasteiger partial charge in [0.2, 0.25) is 5.11 Å². The van der Waals surface area contributed by atoms with Crippen molar-refractivity contribution in [3.63, 3.8) is 0 Å². The van der Waals surface area contributed by atoms with Crippen molar-refractivity contribution < 1.29 is 9.53 Å². The van der Waals surface area contributed by atoms with Gasteiger partial charge in [0.1, 0.15) is 0 Å². The van der Waals surface area contributed by atoms with E-state index < -0.39 is 5.50 Å². The quantitative estimate of drug-likeness (QED) is 0.546. The second kappa shape index (κ2) is 4.36. The van der Waals surface area contributed by atoms with Gasteiger partial charge in [0.15, 0.2) is 5.50 Å². The molecule has 66 valence electrons. The van der Waals surface area contributed by atoms with Gasteiger partial charge in [-0.15, -0.1) is 10.2 Å². The molecule has 0 saturated heterocycles. The number of carbonyl (C=O) groups is 1. The van der Waals surface area contributed by atoms with Crippen LogP contribution in [0, 0.1) is 0 Å². The van der Waals surface area contributed by atoms with Gasteiger partial charge in [-0.2, -0.15) is 0 Å². The van der Waals surface area contributed by atoms with E-state index in [1.807, 2.05) is 0 Å². The standard InChI is InChI=1S/C5H7N3O2S2/c1-2-10-5(9)12-4-6-3(11)7-8-4/h4H,2H2,1H3,(H,6,11). The Morgan fingerprint density at radius 3 is 3.17 bits per heavy atom. The molecule has 0 fully saturated rings. The molecule has 12 heavy (non-hydrogen) atoms. The highest BCUT2D eigenvalue weighted by molar-refractivity contribution is 8.13. The Labute approximate surface area is 78.9 Å². The zero-order chi connectivity index (χ0) is 8.97. The van der Waals surface area contributed by atoms with Crippen LogP contribution < -0.4 is 5.32 Å². The number of nitrogens with one attached hydrogen (secondary N) is 1. The summed E-state index contributed by atoms with van der Waals surface area (Å²) in [5.41, 5.74) is -0.420. The molecule has 0 amide bonds. The molecule has 0 bridgehead atoms. The lowest BCUT2D eigenvalue weighted by molar-refractivity contribution is 0.181. The van der Waals surface area contributed by atoms with E-state index in [4.69, 9.17) is 0 Å². The fraction of sp³-hybridized carbons (Fsp3) is 0.600. The van der Waals surface area contributed by atoms with Gasteiger partial charge in [-0.1, -0.05) is 0 Å². The van der Waals surface area contributed by atoms with Crippen LogP contribution in [0.5, 0.6) is 0 Å². The minimum absolute atomic E-state index is 0.303. The average Bonchev–Trinajstić information content (AvgIpc) is 2.36. The van der Waals surface area contributed by atoms with Crippen LogP contribution >= 0.6 is 24.0 Å². The Morgan fingerprint density at radius 1 is 1.92 bits per heavy atom. The highest BCUT2D eigenvalue weighted by Gasteiger charge is 2.19. The van der Waals surface area contributed by atoms with Crippen LogP contribution in [0.25, 0.3) is 0 Å². The van der Waals surface area contributed by atoms with Crippen molar-refractivity contribution in [1.29, 1.82) is 0 Å². The Bertz CT molecular complexity index is 231. The summed E-state index contributed by atoms with van der Waals surface area (Å²) >= 11 is 5.59. The molecule has 1 rings (SSSR count). The van der Waals surface area contributed by atoms with Crippen molar-refractivity contribution in [3.05, 3.63) is 0 Å². The van der Waals surface area contributed by atoms with Crippen molar-refractivity contribution in [2.24, 2.45) is 10.2 Å². The number of rotatable bonds is 2. The van der Waals surface area contributed by atoms with E-state index in [0.717, 1.165) is 11.8 Å². The van der Waals surface area contributed by atoms with Crippen LogP contribution in [0.3, 0.4) is 0 Å². The van der Waals surface area contributed by atoms with Crippen molar-refractivity contribution in [2.75, 3.05) is 6.61 Å². The second-order valence-electron chi connectivity index (χ2n) is 1.82. The number of thiocarbonyl (C=S) groups is 1. The lowest BCUT2D eigenvalue weighted by Crippen LogP contribution is -2.23. The van der Waals surface area contributed by atoms with Gasteiger partial charge in [0.05, 0.1) is 6.61 Å². The van der Waals surface area contributed by atoms with Crippen LogP contribution in [0.4, 0.5) is 4.79 Å². The largest absolute Gasteiger partial charge is 0.458 e. The summed E-state index contributed by atoms with van der Waals surface area (Å²) in [6.07, 6.45) is 0. The minimum Gasteiger partial charge on any atom is -0.458 e. The van der Waals surface area contributed by atoms with Crippen molar-refractivity contribution >= 4 is 34.4 Å². The van der Waals surface area contributed by atoms with E-state index in [-0.39, 0.29) is 5.30 Å². The smallest absolute Gasteiger partial charge is 0.371 e. The Hall–Kier alpha value is -0.690. The highest BCUT2D eigenvalue weighted by Crippen LogP contribution is 2.16. The third kappa shape index (κ3) is 2.74. The maximum absolute atomic E-state index is 10.9. The zero-order valence-electron chi connectivity index (χ0n) is 6.31. The molecule has 1 atom stereocenters. The summed E-state index contributed by atoms with van der Waals surface area (Å²) in [5, 5.41) is 9.85. The number of carbonyl (C=O) groups excluding carboxylic acids is 1. The van der Waals surface area contributed by atoms with Crippen LogP contribution in [-0.4, -0.2) is 22.5 Å². The SMILES string of the molecule is CCOC(=O)SC1N=NC(=S)N1. The number of thioether (sulfide) groups is 1. The van der Waals surface area contributed by atoms with Crippen LogP contribution in [0.1, 0.15) is 6.92 Å². The Kier molecular flexibility index (Phi) is 3.42. The predicted octanol–water partition coefficient (Wildman–Crippen LogP) is 1.50. The first-order valence-electron chi connectivity index (χ1n) is 3.27. The van der Waals surface area contributed by atoms with Crippen molar-refractivity contribution in [2.45, 2.75) is 12.4 Å². The van der Waals surface area contributed by atoms with Gasteiger partial charge < -0.3 is 10.1 Å². The van der Waals surface area contributed by atoms with Crippen LogP contribution in [-0.2, 0) is 4.74 Å². The van der Waals surface area contributed by atoms with Crippen LogP contribution in [0.15, 0.2) is 10.2 Å². The molecular weight excluding hydrogens is 198 g/mol. The second-order valence-corrected chi connectivity index (χ2v) is 3.22. The lowest BCUT2D eigenvalue weighted by atomic mass is 10.9. The van der Waals surface area contributed by atoms with Gasteiger partial charge in [-0.25, -0.2) is 4.79 Å². The fourth-order valence-electron chi connectivity index (χ4n) is 0.564. The third-order valence-electron chi connectivity index (χ3n) is 0.970. The predicted molar refractivity (Wildman–Crippen MR) is 49.0 cm³/mol. The molecule has 5 nitrogen and oxygen atoms in total. The monoisotopic (exact) mass is 205 g/mol. The minimum atomic E-state index is -0.420. The molecule has 1 aliphatic heterocycles. The van der Waals surface area contributed by atoms with E-state index in [1.165, 1.54) is 0 Å². The topological polar surface area (TPSA) is 63.0 Å². The van der Waals surface area contributed by atoms with E-state index in [0.29, 0.717) is 11.7 Å². The first-order valence-corrected chi connectivity index (χ1v) is 4.56. The van der Waals surface area contributed by atoms with Gasteiger partial charge >= 0.3 is 5.30 Å². The summed E-state index contributed by atoms with van der Waals surface area (Å²) in [4.78, 5) is 10.9. The number of nitrogens with zero attached hydrogens (tertiary/aromatic N) is 2. The molecule has 0 aromatic rings. The molecule has 0 radical (unpaired) electrons. The molecular formula is C5H7N3O2S2. The van der Waals surface area contributed by atoms with E-state index in [9.17, 15) is 4.79 Å². The number of ether oxygens (including phenoxy) is 1. The van der Waals surface area contributed by atoms with Gasteiger partial charge in [-0.05, 0) is 19.1 Å². The zero-order valence-corrected chi connectivity index (χ0v) is 7.94. The maximum atomic E-state index is 10.9. The number of hydrogen-bond acceptors (Lipinski definition) is 5. The lowest BCUT2D eigenvalue weighted by Gasteiger charge is -2.04. The first-order chi connectivity index (χ1) is 5.72. The summed E-state index contributed by atoms with van der Waals surface area (Å²) in [5.74, 6) is 0. The maximum Gasteiger partial charge on any atom is 0.371 e. The van der Waals surface area contributed by atoms with Crippen molar-refractivity contribution in [3.8, 4) is 0 Å². The highest BCUT2D eigenvalue weighted by atomic mass is 32.2. The van der Waals surface area contributed by atoms with Gasteiger partial charge in [0.25, 0.3) is 0 Å². The number of azo groups is 1. The summed E-state index contributed by atoms with van der Waals surface area (Å²) in [6, 6.07) is 0. The van der Waals surface area contributed by atoms with Gasteiger partial charge in [0, 0.05) is 11.8 Å². The molecule has 1 aliphatic rings. The number of hydrogen-bond donors (Lipinski definition) is 1. The molecule has 1 unspecified atom stereocenters. The van der Waals surface area contributed by atoms with Gasteiger partial charge in [-0.3, -0.25) is 0 Å². The summed E-state index contributed by atoms with van der Waals surface area (Å²) in [6.45, 7) is 2.10. The first kappa shape index (κ1) is 9.40. The molecule has 0 spiro atoms. The Morgan fingerprint density at radius 2 is 2.67 bits per heavy atom. The molecule has 7 heteroatoms. The molecule has 1 heterocycles. The van der Waals surface area contributed by atoms with E-state index in [2.05, 4.69) is 32.5 Å². The third-order valence-corrected chi connectivity index (χ3v) is 1.92. The van der Waals surface area contributed by atoms with E-state index in [1.54, 1.807) is 6.92 Å². The summed E-state index contributed by atoms with van der Waals surface area (Å²) in [7, 11) is 0. The molecule has 0 aliphatic carbocycles.